The lowest BCUT2D eigenvalue weighted by Crippen LogP contribution is -2.45. The van der Waals surface area contributed by atoms with Gasteiger partial charge < -0.3 is 39.4 Å². The van der Waals surface area contributed by atoms with E-state index in [1.54, 1.807) is 66.4 Å². The van der Waals surface area contributed by atoms with Gasteiger partial charge in [-0.2, -0.15) is 0 Å². The largest absolute Gasteiger partial charge is 0.493 e. The number of nitrogens with one attached hydrogen (secondary N) is 2. The summed E-state index contributed by atoms with van der Waals surface area (Å²) in [5, 5.41) is 5.75. The summed E-state index contributed by atoms with van der Waals surface area (Å²) in [5.74, 6) is -0.504. The van der Waals surface area contributed by atoms with Crippen LogP contribution < -0.4 is 29.6 Å². The standard InChI is InChI=1S/C57H62BrN7O11/c1-32(2)53(62-51(67)10-7-6-8-17-63-52(68)25-43(58)57(63)72)46(66)20-33(3)54(69)61-38-15-13-35(14-16-38)37-22-40-29-60-45-27-50(48(74-5)24-42(45)56(71)65(40)31-37)76-19-9-18-75-49-26-44-41(23-47(49)73-4)55(70)64-30-36(34-11-12-34)21-39(64)28-59-44/h13-16,23-34,39-40,53H,6-12,17-22H2,1-5H3,(H,61,69)(H,62,67)/t33-,39+,40+,53+/m0/s1. The van der Waals surface area contributed by atoms with Gasteiger partial charge in [-0.25, -0.2) is 0 Å². The van der Waals surface area contributed by atoms with E-state index in [1.807, 2.05) is 44.6 Å². The highest BCUT2D eigenvalue weighted by Crippen LogP contribution is 2.45. The molecule has 5 heterocycles. The van der Waals surface area contributed by atoms with Gasteiger partial charge in [-0.15, -0.1) is 0 Å². The summed E-state index contributed by atoms with van der Waals surface area (Å²) < 4.78 is 23.8. The van der Waals surface area contributed by atoms with Crippen molar-refractivity contribution in [2.24, 2.45) is 27.7 Å². The van der Waals surface area contributed by atoms with Gasteiger partial charge in [0, 0.05) is 86.9 Å². The van der Waals surface area contributed by atoms with Crippen molar-refractivity contribution in [2.75, 3.05) is 39.3 Å². The third-order valence-corrected chi connectivity index (χ3v) is 15.0. The molecule has 9 rings (SSSR count). The van der Waals surface area contributed by atoms with Crippen LogP contribution in [0.25, 0.3) is 5.57 Å². The number of hydrogen-bond acceptors (Lipinski definition) is 13. The average molecular weight is 1100 g/mol. The number of aliphatic imine (C=N–C) groups is 2. The second-order valence-corrected chi connectivity index (χ2v) is 21.1. The average Bonchev–Trinajstić information content (AvgIpc) is 4.05. The predicted molar refractivity (Wildman–Crippen MR) is 289 cm³/mol. The van der Waals surface area contributed by atoms with E-state index in [0.717, 1.165) is 22.5 Å². The first kappa shape index (κ1) is 53.4. The number of rotatable bonds is 23. The summed E-state index contributed by atoms with van der Waals surface area (Å²) in [6.45, 7) is 6.17. The highest BCUT2D eigenvalue weighted by atomic mass is 79.9. The number of Topliss-reactive ketones (excluding diaryl/α,β-unsaturated/α-hetero) is 1. The normalized spacial score (nSPS) is 19.2. The minimum atomic E-state index is -0.762. The molecule has 0 saturated heterocycles. The third-order valence-electron chi connectivity index (χ3n) is 14.4. The van der Waals surface area contributed by atoms with Crippen LogP contribution in [-0.4, -0.2) is 120 Å². The quantitative estimate of drug-likeness (QED) is 0.0677. The smallest absolute Gasteiger partial charge is 0.267 e. The van der Waals surface area contributed by atoms with Gasteiger partial charge in [-0.1, -0.05) is 39.3 Å². The highest BCUT2D eigenvalue weighted by molar-refractivity contribution is 9.12. The summed E-state index contributed by atoms with van der Waals surface area (Å²) >= 11 is 3.08. The summed E-state index contributed by atoms with van der Waals surface area (Å²) in [6.07, 6.45) is 14.7. The van der Waals surface area contributed by atoms with Gasteiger partial charge in [0.25, 0.3) is 23.6 Å². The molecule has 4 atom stereocenters. The maximum Gasteiger partial charge on any atom is 0.267 e. The van der Waals surface area contributed by atoms with Gasteiger partial charge in [0.15, 0.2) is 28.8 Å². The molecule has 0 radical (unpaired) electrons. The molecule has 0 spiro atoms. The fourth-order valence-corrected chi connectivity index (χ4v) is 10.4. The maximum absolute atomic E-state index is 14.1. The minimum Gasteiger partial charge on any atom is -0.493 e. The second-order valence-electron chi connectivity index (χ2n) is 20.3. The first-order valence-corrected chi connectivity index (χ1v) is 26.7. The minimum absolute atomic E-state index is 0.0680. The van der Waals surface area contributed by atoms with Gasteiger partial charge in [0.2, 0.25) is 11.8 Å². The van der Waals surface area contributed by atoms with E-state index in [-0.39, 0.29) is 96.3 Å². The number of fused-ring (bicyclic) bond motifs is 4. The summed E-state index contributed by atoms with van der Waals surface area (Å²) in [4.78, 5) is 105. The molecule has 0 bridgehead atoms. The lowest BCUT2D eigenvalue weighted by molar-refractivity contribution is -0.137. The van der Waals surface area contributed by atoms with Gasteiger partial charge in [-0.05, 0) is 101 Å². The number of carbonyl (C=O) groups is 7. The molecule has 398 valence electrons. The van der Waals surface area contributed by atoms with Crippen LogP contribution in [0.15, 0.2) is 87.0 Å². The topological polar surface area (TPSA) is 215 Å². The third kappa shape index (κ3) is 11.8. The van der Waals surface area contributed by atoms with E-state index in [1.165, 1.54) is 31.6 Å². The molecule has 5 aliphatic heterocycles. The number of benzene rings is 3. The van der Waals surface area contributed by atoms with Crippen molar-refractivity contribution in [3.8, 4) is 23.0 Å². The van der Waals surface area contributed by atoms with Crippen molar-refractivity contribution in [2.45, 2.75) is 103 Å². The Kier molecular flexibility index (Phi) is 16.3. The first-order valence-electron chi connectivity index (χ1n) is 25.9. The Morgan fingerprint density at radius 1 is 0.737 bits per heavy atom. The first-order chi connectivity index (χ1) is 36.6. The van der Waals surface area contributed by atoms with Crippen molar-refractivity contribution in [1.82, 2.24) is 20.0 Å². The van der Waals surface area contributed by atoms with E-state index in [2.05, 4.69) is 26.6 Å². The molecule has 1 fully saturated rings. The Hall–Kier alpha value is -7.41. The molecule has 76 heavy (non-hydrogen) atoms. The van der Waals surface area contributed by atoms with Crippen molar-refractivity contribution in [1.29, 1.82) is 0 Å². The molecule has 19 heteroatoms. The number of ether oxygens (including phenoxy) is 4. The monoisotopic (exact) mass is 1100 g/mol. The molecule has 18 nitrogen and oxygen atoms in total. The van der Waals surface area contributed by atoms with E-state index in [4.69, 9.17) is 28.9 Å². The van der Waals surface area contributed by atoms with Crippen molar-refractivity contribution in [3.63, 3.8) is 0 Å². The maximum atomic E-state index is 14.1. The number of imide groups is 1. The van der Waals surface area contributed by atoms with Crippen LogP contribution >= 0.6 is 15.9 Å². The summed E-state index contributed by atoms with van der Waals surface area (Å²) in [6, 6.07) is 12.9. The number of unbranched alkanes of at least 4 members (excludes halogenated alkanes) is 2. The fraction of sp³-hybridized carbons (Fsp3) is 0.421. The molecule has 2 N–H and O–H groups in total. The predicted octanol–water partition coefficient (Wildman–Crippen LogP) is 8.63. The van der Waals surface area contributed by atoms with Gasteiger partial charge >= 0.3 is 0 Å². The van der Waals surface area contributed by atoms with Crippen LogP contribution in [0.3, 0.4) is 0 Å². The van der Waals surface area contributed by atoms with Gasteiger partial charge in [-0.3, -0.25) is 48.4 Å². The number of carbonyl (C=O) groups excluding carboxylic acids is 7. The summed E-state index contributed by atoms with van der Waals surface area (Å²) in [5.41, 5.74) is 5.45. The van der Waals surface area contributed by atoms with E-state index < -0.39 is 12.0 Å². The van der Waals surface area contributed by atoms with Gasteiger partial charge in [0.1, 0.15) is 0 Å². The molecule has 3 aromatic rings. The molecular formula is C57H62BrN7O11. The number of methoxy groups -OCH3 is 2. The fourth-order valence-electron chi connectivity index (χ4n) is 9.97. The molecule has 0 unspecified atom stereocenters. The molecule has 3 aromatic carbocycles. The zero-order chi connectivity index (χ0) is 53.8. The SMILES string of the molecule is COc1cc2c(cc1OCCCOc1cc3c(cc1OC)C(=O)N1C=C(C4CC4)C[C@@H]1C=N3)N=C[C@H]1CC(c3ccc(NC(=O)[C@@H](C)CC(=O)[C@H](NC(=O)CCCCCN4C(=O)C=C(Br)C4=O)C(C)C)cc3)=CN1C2=O. The Morgan fingerprint density at radius 2 is 1.34 bits per heavy atom. The molecular weight excluding hydrogens is 1040 g/mol. The highest BCUT2D eigenvalue weighted by Gasteiger charge is 2.39. The Bertz CT molecular complexity index is 3000. The van der Waals surface area contributed by atoms with Crippen LogP contribution in [0.4, 0.5) is 17.1 Å². The van der Waals surface area contributed by atoms with Crippen LogP contribution in [0.5, 0.6) is 23.0 Å². The van der Waals surface area contributed by atoms with Crippen LogP contribution in [0.2, 0.25) is 0 Å². The van der Waals surface area contributed by atoms with Crippen LogP contribution in [0, 0.1) is 17.8 Å². The Morgan fingerprint density at radius 3 is 1.91 bits per heavy atom. The van der Waals surface area contributed by atoms with E-state index in [9.17, 15) is 33.6 Å². The molecule has 0 aromatic heterocycles. The number of amides is 6. The van der Waals surface area contributed by atoms with Crippen molar-refractivity contribution in [3.05, 3.63) is 93.8 Å². The number of hydrogen-bond donors (Lipinski definition) is 2. The number of nitrogens with zero attached hydrogens (tertiary/aromatic N) is 5. The Balaban J connectivity index is 0.734. The zero-order valence-corrected chi connectivity index (χ0v) is 44.9. The molecule has 6 amide bonds. The van der Waals surface area contributed by atoms with Crippen molar-refractivity contribution >= 4 is 92.2 Å². The second kappa shape index (κ2) is 23.2. The van der Waals surface area contributed by atoms with E-state index in [0.29, 0.717) is 89.2 Å². The molecule has 6 aliphatic rings. The van der Waals surface area contributed by atoms with E-state index >= 15 is 0 Å². The lowest BCUT2D eigenvalue weighted by Gasteiger charge is -2.23. The lowest BCUT2D eigenvalue weighted by atomic mass is 9.92. The van der Waals surface area contributed by atoms with Crippen LogP contribution in [0.1, 0.15) is 111 Å². The molecule has 1 aliphatic carbocycles. The zero-order valence-electron chi connectivity index (χ0n) is 43.3. The molecule has 1 saturated carbocycles. The van der Waals surface area contributed by atoms with Crippen molar-refractivity contribution < 1.29 is 52.5 Å². The number of ketones is 1. The Labute approximate surface area is 449 Å². The number of halogens is 1. The number of anilines is 1. The van der Waals surface area contributed by atoms with Gasteiger partial charge in [0.05, 0.1) is 72.5 Å². The van der Waals surface area contributed by atoms with Crippen LogP contribution in [-0.2, 0) is 24.0 Å². The summed E-state index contributed by atoms with van der Waals surface area (Å²) in [7, 11) is 3.05.